The van der Waals surface area contributed by atoms with Crippen LogP contribution in [0, 0.1) is 5.82 Å². The van der Waals surface area contributed by atoms with Crippen LogP contribution in [0.2, 0.25) is 5.02 Å². The summed E-state index contributed by atoms with van der Waals surface area (Å²) in [5.74, 6) is -1.57. The second-order valence-corrected chi connectivity index (χ2v) is 8.10. The minimum absolute atomic E-state index is 0.0198. The number of hydrogen-bond donors (Lipinski definition) is 1. The summed E-state index contributed by atoms with van der Waals surface area (Å²) in [7, 11) is -3.86. The first-order valence-corrected chi connectivity index (χ1v) is 9.76. The van der Waals surface area contributed by atoms with Gasteiger partial charge in [-0.3, -0.25) is 0 Å². The Hall–Kier alpha value is -1.77. The fourth-order valence-corrected chi connectivity index (χ4v) is 4.58. The first-order valence-electron chi connectivity index (χ1n) is 7.73. The lowest BCUT2D eigenvalue weighted by Crippen LogP contribution is -2.28. The molecule has 140 valence electrons. The molecule has 2 aromatic carbocycles. The lowest BCUT2D eigenvalue weighted by atomic mass is 10.1. The Labute approximate surface area is 154 Å². The van der Waals surface area contributed by atoms with Crippen LogP contribution in [0.25, 0.3) is 0 Å². The van der Waals surface area contributed by atoms with Gasteiger partial charge < -0.3 is 4.74 Å². The Balaban J connectivity index is 1.70. The van der Waals surface area contributed by atoms with Crippen LogP contribution in [-0.4, -0.2) is 21.1 Å². The van der Waals surface area contributed by atoms with Gasteiger partial charge in [0.1, 0.15) is 11.6 Å². The molecule has 4 nitrogen and oxygen atoms in total. The van der Waals surface area contributed by atoms with Gasteiger partial charge in [-0.05, 0) is 30.2 Å². The van der Waals surface area contributed by atoms with E-state index in [1.807, 2.05) is 0 Å². The largest absolute Gasteiger partial charge is 0.435 e. The highest BCUT2D eigenvalue weighted by Crippen LogP contribution is 2.45. The van der Waals surface area contributed by atoms with Gasteiger partial charge in [0.25, 0.3) is 0 Å². The summed E-state index contributed by atoms with van der Waals surface area (Å²) in [6.07, 6.45) is 0.438. The summed E-state index contributed by atoms with van der Waals surface area (Å²) >= 11 is 5.86. The monoisotopic (exact) mass is 405 g/mol. The molecule has 0 radical (unpaired) electrons. The highest BCUT2D eigenvalue weighted by molar-refractivity contribution is 7.88. The number of ether oxygens (including phenoxy) is 1. The lowest BCUT2D eigenvalue weighted by molar-refractivity contribution is -0.0504. The van der Waals surface area contributed by atoms with Crippen molar-refractivity contribution >= 4 is 21.6 Å². The van der Waals surface area contributed by atoms with Crippen LogP contribution in [0.4, 0.5) is 13.2 Å². The molecule has 2 aromatic rings. The first kappa shape index (κ1) is 19.0. The summed E-state index contributed by atoms with van der Waals surface area (Å²) in [5, 5.41) is 0.0263. The second-order valence-electron chi connectivity index (χ2n) is 5.94. The molecular formula is C17H15ClF3NO3S. The summed E-state index contributed by atoms with van der Waals surface area (Å²) in [4.78, 5) is 0. The van der Waals surface area contributed by atoms with Crippen molar-refractivity contribution < 1.29 is 26.3 Å². The van der Waals surface area contributed by atoms with Crippen molar-refractivity contribution in [2.75, 3.05) is 0 Å². The van der Waals surface area contributed by atoms with E-state index in [1.165, 1.54) is 18.2 Å². The summed E-state index contributed by atoms with van der Waals surface area (Å²) in [5.41, 5.74) is 0.393. The predicted octanol–water partition coefficient (Wildman–Crippen LogP) is 4.06. The maximum atomic E-state index is 13.8. The Morgan fingerprint density at radius 2 is 1.92 bits per heavy atom. The second kappa shape index (κ2) is 7.46. The smallest absolute Gasteiger partial charge is 0.387 e. The third-order valence-corrected chi connectivity index (χ3v) is 5.74. The van der Waals surface area contributed by atoms with Gasteiger partial charge in [0.15, 0.2) is 0 Å². The summed E-state index contributed by atoms with van der Waals surface area (Å²) in [6, 6.07) is 9.71. The zero-order valence-corrected chi connectivity index (χ0v) is 14.9. The molecule has 0 bridgehead atoms. The molecule has 0 amide bonds. The molecule has 0 heterocycles. The van der Waals surface area contributed by atoms with Crippen LogP contribution in [-0.2, 0) is 15.8 Å². The normalized spacial score (nSPS) is 19.6. The predicted molar refractivity (Wildman–Crippen MR) is 91.4 cm³/mol. The van der Waals surface area contributed by atoms with Crippen molar-refractivity contribution in [2.45, 2.75) is 30.7 Å². The molecule has 0 aliphatic heterocycles. The van der Waals surface area contributed by atoms with E-state index in [0.717, 1.165) is 6.07 Å². The Bertz CT molecular complexity index is 888. The van der Waals surface area contributed by atoms with E-state index in [2.05, 4.69) is 9.46 Å². The maximum Gasteiger partial charge on any atom is 0.387 e. The van der Waals surface area contributed by atoms with Crippen LogP contribution in [0.15, 0.2) is 42.5 Å². The van der Waals surface area contributed by atoms with Crippen LogP contribution >= 0.6 is 11.6 Å². The molecule has 0 aromatic heterocycles. The minimum atomic E-state index is -3.86. The van der Waals surface area contributed by atoms with Gasteiger partial charge in [0, 0.05) is 22.5 Å². The van der Waals surface area contributed by atoms with Gasteiger partial charge >= 0.3 is 6.61 Å². The number of benzene rings is 2. The molecule has 3 rings (SSSR count). The number of alkyl halides is 2. The van der Waals surface area contributed by atoms with Gasteiger partial charge in [-0.25, -0.2) is 17.5 Å². The fourth-order valence-electron chi connectivity index (χ4n) is 2.79. The van der Waals surface area contributed by atoms with E-state index in [1.54, 1.807) is 18.2 Å². The topological polar surface area (TPSA) is 55.4 Å². The SMILES string of the molecule is O=S(=O)(Cc1c(F)cccc1Cl)N[C@H]1C[C@@H]1c1ccccc1OC(F)F. The zero-order valence-electron chi connectivity index (χ0n) is 13.3. The Morgan fingerprint density at radius 3 is 2.62 bits per heavy atom. The molecule has 1 aliphatic rings. The molecule has 0 spiro atoms. The van der Waals surface area contributed by atoms with Gasteiger partial charge in [0.2, 0.25) is 10.0 Å². The number of sulfonamides is 1. The molecule has 26 heavy (non-hydrogen) atoms. The number of hydrogen-bond acceptors (Lipinski definition) is 3. The number of para-hydroxylation sites is 1. The quantitative estimate of drug-likeness (QED) is 0.756. The number of rotatable bonds is 7. The third kappa shape index (κ3) is 4.49. The Morgan fingerprint density at radius 1 is 1.19 bits per heavy atom. The van der Waals surface area contributed by atoms with Crippen molar-refractivity contribution in [3.63, 3.8) is 0 Å². The van der Waals surface area contributed by atoms with E-state index in [0.29, 0.717) is 12.0 Å². The zero-order chi connectivity index (χ0) is 18.9. The molecule has 2 atom stereocenters. The molecule has 0 unspecified atom stereocenters. The van der Waals surface area contributed by atoms with Crippen molar-refractivity contribution in [1.82, 2.24) is 4.72 Å². The highest BCUT2D eigenvalue weighted by Gasteiger charge is 2.42. The van der Waals surface area contributed by atoms with E-state index in [9.17, 15) is 21.6 Å². The van der Waals surface area contributed by atoms with Gasteiger partial charge in [-0.15, -0.1) is 0 Å². The third-order valence-electron chi connectivity index (χ3n) is 4.05. The standard InChI is InChI=1S/C17H15ClF3NO3S/c18-13-5-3-6-14(19)12(13)9-26(23,24)22-15-8-11(15)10-4-1-2-7-16(10)25-17(20)21/h1-7,11,15,17,22H,8-9H2/t11-,15+/m1/s1. The lowest BCUT2D eigenvalue weighted by Gasteiger charge is -2.11. The number of halogens is 4. The molecular weight excluding hydrogens is 391 g/mol. The van der Waals surface area contributed by atoms with Gasteiger partial charge in [-0.2, -0.15) is 8.78 Å². The molecule has 1 fully saturated rings. The average Bonchev–Trinajstić information content (AvgIpc) is 3.29. The van der Waals surface area contributed by atoms with Crippen LogP contribution in [0.1, 0.15) is 23.5 Å². The van der Waals surface area contributed by atoms with Crippen molar-refractivity contribution in [1.29, 1.82) is 0 Å². The van der Waals surface area contributed by atoms with Crippen molar-refractivity contribution in [3.05, 3.63) is 64.4 Å². The molecule has 1 aliphatic carbocycles. The fraction of sp³-hybridized carbons (Fsp3) is 0.294. The molecule has 1 saturated carbocycles. The maximum absolute atomic E-state index is 13.8. The van der Waals surface area contributed by atoms with Crippen LogP contribution in [0.3, 0.4) is 0 Å². The van der Waals surface area contributed by atoms with E-state index in [4.69, 9.17) is 11.6 Å². The first-order chi connectivity index (χ1) is 12.3. The van der Waals surface area contributed by atoms with E-state index >= 15 is 0 Å². The highest BCUT2D eigenvalue weighted by atomic mass is 35.5. The Kier molecular flexibility index (Phi) is 5.45. The summed E-state index contributed by atoms with van der Waals surface area (Å²) in [6.45, 7) is -2.96. The molecule has 1 N–H and O–H groups in total. The molecule has 0 saturated heterocycles. The van der Waals surface area contributed by atoms with Gasteiger partial charge in [0.05, 0.1) is 5.75 Å². The minimum Gasteiger partial charge on any atom is -0.435 e. The number of nitrogens with one attached hydrogen (secondary N) is 1. The van der Waals surface area contributed by atoms with E-state index in [-0.39, 0.29) is 22.3 Å². The van der Waals surface area contributed by atoms with Crippen LogP contribution < -0.4 is 9.46 Å². The van der Waals surface area contributed by atoms with Crippen molar-refractivity contribution in [3.8, 4) is 5.75 Å². The van der Waals surface area contributed by atoms with Crippen LogP contribution in [0.5, 0.6) is 5.75 Å². The van der Waals surface area contributed by atoms with Crippen molar-refractivity contribution in [2.24, 2.45) is 0 Å². The summed E-state index contributed by atoms with van der Waals surface area (Å²) < 4.78 is 70.3. The van der Waals surface area contributed by atoms with Gasteiger partial charge in [-0.1, -0.05) is 35.9 Å². The molecule has 9 heteroatoms. The average molecular weight is 406 g/mol. The van der Waals surface area contributed by atoms with E-state index < -0.39 is 34.2 Å².